The first-order valence-electron chi connectivity index (χ1n) is 10.8. The third-order valence-corrected chi connectivity index (χ3v) is 5.53. The maximum absolute atomic E-state index is 10.5. The molecular weight excluding hydrogens is 428 g/mol. The molecule has 0 fully saturated rings. The maximum atomic E-state index is 10.5. The van der Waals surface area contributed by atoms with E-state index in [0.29, 0.717) is 60.2 Å². The van der Waals surface area contributed by atoms with Crippen molar-refractivity contribution in [1.82, 2.24) is 0 Å². The van der Waals surface area contributed by atoms with Crippen LogP contribution in [-0.2, 0) is 12.8 Å². The van der Waals surface area contributed by atoms with Crippen molar-refractivity contribution >= 4 is 0 Å². The number of hydrogen-bond acceptors (Lipinski definition) is 8. The summed E-state index contributed by atoms with van der Waals surface area (Å²) >= 11 is 0. The van der Waals surface area contributed by atoms with Crippen LogP contribution in [0.1, 0.15) is 30.4 Å². The lowest BCUT2D eigenvalue weighted by molar-refractivity contribution is 0.0714. The van der Waals surface area contributed by atoms with Gasteiger partial charge in [0.15, 0.2) is 23.0 Å². The standard InChI is InChI=1S/C25H36O8/c1-28-20-11-16(12-21(29-2)24(20)32-5)7-9-18(26)15-19(27)10-8-17-13-22(30-3)25(33-6)23(14-17)31-4/h11-14,18-19,26-27H,7-10,15H2,1-6H3/t18-,19-/m0/s1. The highest BCUT2D eigenvalue weighted by Gasteiger charge is 2.17. The molecule has 0 radical (unpaired) electrons. The maximum Gasteiger partial charge on any atom is 0.203 e. The first-order valence-corrected chi connectivity index (χ1v) is 10.8. The number of aliphatic hydroxyl groups excluding tert-OH is 2. The predicted octanol–water partition coefficient (Wildman–Crippen LogP) is 3.42. The van der Waals surface area contributed by atoms with Crippen molar-refractivity contribution in [3.63, 3.8) is 0 Å². The van der Waals surface area contributed by atoms with E-state index in [2.05, 4.69) is 0 Å². The molecule has 0 saturated heterocycles. The molecule has 2 atom stereocenters. The number of benzene rings is 2. The molecule has 0 aliphatic carbocycles. The molecule has 0 spiro atoms. The van der Waals surface area contributed by atoms with Gasteiger partial charge in [0.2, 0.25) is 11.5 Å². The van der Waals surface area contributed by atoms with E-state index in [4.69, 9.17) is 28.4 Å². The zero-order valence-corrected chi connectivity index (χ0v) is 20.3. The van der Waals surface area contributed by atoms with E-state index in [0.717, 1.165) is 11.1 Å². The Kier molecular flexibility index (Phi) is 10.4. The van der Waals surface area contributed by atoms with Crippen LogP contribution in [-0.4, -0.2) is 65.1 Å². The largest absolute Gasteiger partial charge is 0.493 e. The zero-order valence-electron chi connectivity index (χ0n) is 20.3. The summed E-state index contributed by atoms with van der Waals surface area (Å²) in [5.41, 5.74) is 1.91. The summed E-state index contributed by atoms with van der Waals surface area (Å²) in [5.74, 6) is 3.37. The molecule has 0 aliphatic heterocycles. The molecule has 2 N–H and O–H groups in total. The van der Waals surface area contributed by atoms with Gasteiger partial charge in [-0.05, 0) is 67.5 Å². The van der Waals surface area contributed by atoms with Crippen LogP contribution in [0.4, 0.5) is 0 Å². The Morgan fingerprint density at radius 3 is 1.09 bits per heavy atom. The van der Waals surface area contributed by atoms with Gasteiger partial charge in [-0.15, -0.1) is 0 Å². The van der Waals surface area contributed by atoms with Crippen molar-refractivity contribution in [3.05, 3.63) is 35.4 Å². The van der Waals surface area contributed by atoms with Gasteiger partial charge >= 0.3 is 0 Å². The summed E-state index contributed by atoms with van der Waals surface area (Å²) in [6, 6.07) is 7.48. The average molecular weight is 465 g/mol. The monoisotopic (exact) mass is 464 g/mol. The number of aliphatic hydroxyl groups is 2. The molecule has 8 heteroatoms. The van der Waals surface area contributed by atoms with Gasteiger partial charge in [-0.1, -0.05) is 0 Å². The lowest BCUT2D eigenvalue weighted by Gasteiger charge is -2.18. The minimum absolute atomic E-state index is 0.287. The van der Waals surface area contributed by atoms with Crippen LogP contribution >= 0.6 is 0 Å². The SMILES string of the molecule is COc1cc(CC[C@H](O)C[C@@H](O)CCc2cc(OC)c(OC)c(OC)c2)cc(OC)c1OC. The number of methoxy groups -OCH3 is 6. The molecule has 0 heterocycles. The lowest BCUT2D eigenvalue weighted by Crippen LogP contribution is -2.19. The number of aryl methyl sites for hydroxylation is 2. The number of rotatable bonds is 14. The van der Waals surface area contributed by atoms with Crippen LogP contribution in [0.15, 0.2) is 24.3 Å². The van der Waals surface area contributed by atoms with Gasteiger partial charge in [-0.25, -0.2) is 0 Å². The van der Waals surface area contributed by atoms with Gasteiger partial charge in [-0.3, -0.25) is 0 Å². The summed E-state index contributed by atoms with van der Waals surface area (Å²) in [4.78, 5) is 0. The van der Waals surface area contributed by atoms with Gasteiger partial charge in [-0.2, -0.15) is 0 Å². The van der Waals surface area contributed by atoms with Crippen molar-refractivity contribution in [1.29, 1.82) is 0 Å². The summed E-state index contributed by atoms with van der Waals surface area (Å²) in [6.45, 7) is 0. The molecule has 0 aromatic heterocycles. The van der Waals surface area contributed by atoms with Crippen LogP contribution in [0.25, 0.3) is 0 Å². The van der Waals surface area contributed by atoms with E-state index in [9.17, 15) is 10.2 Å². The van der Waals surface area contributed by atoms with Crippen LogP contribution < -0.4 is 28.4 Å². The molecule has 0 bridgehead atoms. The number of ether oxygens (including phenoxy) is 6. The van der Waals surface area contributed by atoms with Gasteiger partial charge in [0.25, 0.3) is 0 Å². The second-order valence-corrected chi connectivity index (χ2v) is 7.69. The van der Waals surface area contributed by atoms with Crippen LogP contribution in [0.5, 0.6) is 34.5 Å². The fourth-order valence-electron chi connectivity index (χ4n) is 3.78. The van der Waals surface area contributed by atoms with Crippen molar-refractivity contribution in [3.8, 4) is 34.5 Å². The molecule has 2 aromatic rings. The van der Waals surface area contributed by atoms with Crippen LogP contribution in [0.2, 0.25) is 0 Å². The van der Waals surface area contributed by atoms with Gasteiger partial charge in [0.05, 0.1) is 54.9 Å². The molecule has 33 heavy (non-hydrogen) atoms. The molecular formula is C25H36O8. The Morgan fingerprint density at radius 1 is 0.545 bits per heavy atom. The molecule has 184 valence electrons. The fourth-order valence-corrected chi connectivity index (χ4v) is 3.78. The fraction of sp³-hybridized carbons (Fsp3) is 0.520. The molecule has 0 unspecified atom stereocenters. The minimum atomic E-state index is -0.640. The van der Waals surface area contributed by atoms with Crippen molar-refractivity contribution in [2.45, 2.75) is 44.3 Å². The van der Waals surface area contributed by atoms with Gasteiger partial charge in [0.1, 0.15) is 0 Å². The zero-order chi connectivity index (χ0) is 24.4. The van der Waals surface area contributed by atoms with Crippen molar-refractivity contribution < 1.29 is 38.6 Å². The topological polar surface area (TPSA) is 95.8 Å². The van der Waals surface area contributed by atoms with E-state index in [1.54, 1.807) is 42.7 Å². The summed E-state index contributed by atoms with van der Waals surface area (Å²) in [6.07, 6.45) is 1.22. The molecule has 0 saturated carbocycles. The first kappa shape index (κ1) is 26.4. The van der Waals surface area contributed by atoms with Crippen LogP contribution in [0.3, 0.4) is 0 Å². The molecule has 2 aromatic carbocycles. The minimum Gasteiger partial charge on any atom is -0.493 e. The van der Waals surface area contributed by atoms with Gasteiger partial charge < -0.3 is 38.6 Å². The van der Waals surface area contributed by atoms with E-state index < -0.39 is 12.2 Å². The summed E-state index contributed by atoms with van der Waals surface area (Å²) in [7, 11) is 9.40. The Morgan fingerprint density at radius 2 is 0.848 bits per heavy atom. The highest BCUT2D eigenvalue weighted by molar-refractivity contribution is 5.54. The van der Waals surface area contributed by atoms with Crippen molar-refractivity contribution in [2.24, 2.45) is 0 Å². The Hall–Kier alpha value is -2.84. The molecule has 0 aliphatic rings. The third kappa shape index (κ3) is 7.07. The average Bonchev–Trinajstić information content (AvgIpc) is 2.84. The highest BCUT2D eigenvalue weighted by Crippen LogP contribution is 2.39. The summed E-state index contributed by atoms with van der Waals surface area (Å²) < 4.78 is 32.2. The lowest BCUT2D eigenvalue weighted by atomic mass is 9.98. The van der Waals surface area contributed by atoms with E-state index in [-0.39, 0.29) is 6.42 Å². The Bertz CT molecular complexity index is 761. The van der Waals surface area contributed by atoms with Crippen LogP contribution in [0, 0.1) is 0 Å². The molecule has 2 rings (SSSR count). The third-order valence-electron chi connectivity index (χ3n) is 5.53. The highest BCUT2D eigenvalue weighted by atomic mass is 16.5. The van der Waals surface area contributed by atoms with Gasteiger partial charge in [0, 0.05) is 0 Å². The quantitative estimate of drug-likeness (QED) is 0.439. The van der Waals surface area contributed by atoms with E-state index in [1.807, 2.05) is 24.3 Å². The predicted molar refractivity (Wildman–Crippen MR) is 125 cm³/mol. The second-order valence-electron chi connectivity index (χ2n) is 7.69. The Labute approximate surface area is 196 Å². The molecule has 8 nitrogen and oxygen atoms in total. The van der Waals surface area contributed by atoms with E-state index >= 15 is 0 Å². The normalized spacial score (nSPS) is 12.6. The second kappa shape index (κ2) is 13.0. The Balaban J connectivity index is 1.92. The van der Waals surface area contributed by atoms with E-state index in [1.165, 1.54) is 0 Å². The number of hydrogen-bond donors (Lipinski definition) is 2. The summed E-state index contributed by atoms with van der Waals surface area (Å²) in [5, 5.41) is 20.9. The molecule has 0 amide bonds. The smallest absolute Gasteiger partial charge is 0.203 e. The van der Waals surface area contributed by atoms with Crippen molar-refractivity contribution in [2.75, 3.05) is 42.7 Å². The first-order chi connectivity index (χ1) is 15.9.